The van der Waals surface area contributed by atoms with Crippen LogP contribution in [0.3, 0.4) is 0 Å². The second-order valence-corrected chi connectivity index (χ2v) is 5.77. The minimum atomic E-state index is -1.04. The average Bonchev–Trinajstić information content (AvgIpc) is 2.50. The van der Waals surface area contributed by atoms with E-state index < -0.39 is 29.2 Å². The van der Waals surface area contributed by atoms with Crippen LogP contribution in [0.15, 0.2) is 33.9 Å². The van der Waals surface area contributed by atoms with Crippen LogP contribution in [0.1, 0.15) is 26.3 Å². The van der Waals surface area contributed by atoms with E-state index in [9.17, 15) is 19.2 Å². The summed E-state index contributed by atoms with van der Waals surface area (Å²) in [5, 5.41) is 11.4. The molecule has 0 saturated heterocycles. The fourth-order valence-electron chi connectivity index (χ4n) is 2.54. The summed E-state index contributed by atoms with van der Waals surface area (Å²) in [6.07, 6.45) is -0.237. The predicted molar refractivity (Wildman–Crippen MR) is 88.0 cm³/mol. The molecule has 3 N–H and O–H groups in total. The molecule has 128 valence electrons. The van der Waals surface area contributed by atoms with Crippen LogP contribution in [-0.4, -0.2) is 33.1 Å². The number of aliphatic carboxylic acids is 1. The van der Waals surface area contributed by atoms with Crippen molar-refractivity contribution in [2.45, 2.75) is 26.3 Å². The first kappa shape index (κ1) is 17.5. The van der Waals surface area contributed by atoms with Gasteiger partial charge in [-0.05, 0) is 18.1 Å². The van der Waals surface area contributed by atoms with Gasteiger partial charge in [-0.15, -0.1) is 0 Å². The second kappa shape index (κ2) is 7.12. The Morgan fingerprint density at radius 1 is 1.25 bits per heavy atom. The van der Waals surface area contributed by atoms with E-state index in [1.165, 1.54) is 0 Å². The zero-order chi connectivity index (χ0) is 17.9. The van der Waals surface area contributed by atoms with E-state index >= 15 is 0 Å². The molecule has 0 aliphatic carbocycles. The summed E-state index contributed by atoms with van der Waals surface area (Å²) in [5.74, 6) is -1.94. The van der Waals surface area contributed by atoms with Gasteiger partial charge in [0.1, 0.15) is 6.04 Å². The molecule has 1 atom stereocenters. The van der Waals surface area contributed by atoms with Gasteiger partial charge in [-0.2, -0.15) is 0 Å². The van der Waals surface area contributed by atoms with Gasteiger partial charge < -0.3 is 15.4 Å². The van der Waals surface area contributed by atoms with Crippen molar-refractivity contribution in [3.8, 4) is 0 Å². The van der Waals surface area contributed by atoms with Crippen LogP contribution >= 0.6 is 0 Å². The van der Waals surface area contributed by atoms with Crippen molar-refractivity contribution in [1.82, 2.24) is 14.9 Å². The quantitative estimate of drug-likeness (QED) is 0.710. The molecule has 0 spiro atoms. The van der Waals surface area contributed by atoms with Crippen molar-refractivity contribution >= 4 is 22.8 Å². The Morgan fingerprint density at radius 2 is 1.92 bits per heavy atom. The van der Waals surface area contributed by atoms with Crippen molar-refractivity contribution in [3.05, 3.63) is 45.1 Å². The molecule has 8 heteroatoms. The first-order chi connectivity index (χ1) is 11.3. The van der Waals surface area contributed by atoms with Crippen LogP contribution in [0.5, 0.6) is 0 Å². The van der Waals surface area contributed by atoms with Gasteiger partial charge in [0.05, 0.1) is 17.3 Å². The number of nitrogens with zero attached hydrogens (tertiary/aromatic N) is 1. The maximum Gasteiger partial charge on any atom is 0.329 e. The van der Waals surface area contributed by atoms with Gasteiger partial charge in [0, 0.05) is 6.54 Å². The normalized spacial score (nSPS) is 12.3. The summed E-state index contributed by atoms with van der Waals surface area (Å²) >= 11 is 0. The number of carbonyl (C=O) groups excluding carboxylic acids is 1. The van der Waals surface area contributed by atoms with Crippen LogP contribution in [0.4, 0.5) is 0 Å². The smallest absolute Gasteiger partial charge is 0.329 e. The SMILES string of the molecule is CC(C)[C@@H](C(=O)NCCC(=O)O)n1c(=O)[nH]c2ccccc2c1=O. The molecule has 2 rings (SSSR count). The number of rotatable bonds is 6. The molecule has 1 aromatic carbocycles. The highest BCUT2D eigenvalue weighted by Gasteiger charge is 2.27. The van der Waals surface area contributed by atoms with Gasteiger partial charge in [-0.25, -0.2) is 9.36 Å². The van der Waals surface area contributed by atoms with E-state index in [0.717, 1.165) is 4.57 Å². The number of nitrogens with one attached hydrogen (secondary N) is 2. The van der Waals surface area contributed by atoms with E-state index in [2.05, 4.69) is 10.3 Å². The maximum absolute atomic E-state index is 12.7. The van der Waals surface area contributed by atoms with Crippen molar-refractivity contribution in [2.75, 3.05) is 6.54 Å². The molecule has 0 unspecified atom stereocenters. The van der Waals surface area contributed by atoms with Gasteiger partial charge in [0.2, 0.25) is 5.91 Å². The molecular formula is C16H19N3O5. The minimum absolute atomic E-state index is 0.0718. The monoisotopic (exact) mass is 333 g/mol. The molecule has 0 bridgehead atoms. The van der Waals surface area contributed by atoms with E-state index in [4.69, 9.17) is 5.11 Å². The molecule has 1 amide bonds. The van der Waals surface area contributed by atoms with Crippen LogP contribution in [0.25, 0.3) is 10.9 Å². The Morgan fingerprint density at radius 3 is 2.54 bits per heavy atom. The lowest BCUT2D eigenvalue weighted by Crippen LogP contribution is -2.46. The number of hydrogen-bond donors (Lipinski definition) is 3. The van der Waals surface area contributed by atoms with Gasteiger partial charge in [-0.1, -0.05) is 26.0 Å². The molecule has 0 radical (unpaired) electrons. The zero-order valence-corrected chi connectivity index (χ0v) is 13.4. The standard InChI is InChI=1S/C16H19N3O5/c1-9(2)13(14(22)17-8-7-12(20)21)19-15(23)10-5-3-4-6-11(10)18-16(19)24/h3-6,9,13H,7-8H2,1-2H3,(H,17,22)(H,18,24)(H,20,21)/t13-/m0/s1. The molecule has 2 aromatic rings. The van der Waals surface area contributed by atoms with Crippen molar-refractivity contribution < 1.29 is 14.7 Å². The fraction of sp³-hybridized carbons (Fsp3) is 0.375. The summed E-state index contributed by atoms with van der Waals surface area (Å²) in [7, 11) is 0. The number of aromatic amines is 1. The number of aromatic nitrogens is 2. The highest BCUT2D eigenvalue weighted by atomic mass is 16.4. The van der Waals surface area contributed by atoms with Gasteiger partial charge in [0.25, 0.3) is 5.56 Å². The lowest BCUT2D eigenvalue weighted by atomic mass is 10.0. The molecule has 1 heterocycles. The Balaban J connectivity index is 2.47. The third-order valence-corrected chi connectivity index (χ3v) is 3.65. The third-order valence-electron chi connectivity index (χ3n) is 3.65. The summed E-state index contributed by atoms with van der Waals surface area (Å²) in [6.45, 7) is 3.35. The zero-order valence-electron chi connectivity index (χ0n) is 13.4. The third kappa shape index (κ3) is 3.53. The van der Waals surface area contributed by atoms with Gasteiger partial charge in [-0.3, -0.25) is 14.4 Å². The Hall–Kier alpha value is -2.90. The first-order valence-electron chi connectivity index (χ1n) is 7.56. The van der Waals surface area contributed by atoms with E-state index in [-0.39, 0.29) is 18.9 Å². The average molecular weight is 333 g/mol. The van der Waals surface area contributed by atoms with Crippen LogP contribution in [0, 0.1) is 5.92 Å². The van der Waals surface area contributed by atoms with Crippen molar-refractivity contribution in [3.63, 3.8) is 0 Å². The van der Waals surface area contributed by atoms with Gasteiger partial charge >= 0.3 is 11.7 Å². The fourth-order valence-corrected chi connectivity index (χ4v) is 2.54. The van der Waals surface area contributed by atoms with Crippen LogP contribution < -0.4 is 16.6 Å². The Bertz CT molecular complexity index is 881. The summed E-state index contributed by atoms with van der Waals surface area (Å²) in [6, 6.07) is 5.52. The lowest BCUT2D eigenvalue weighted by molar-refractivity contribution is -0.137. The number of amides is 1. The first-order valence-corrected chi connectivity index (χ1v) is 7.56. The lowest BCUT2D eigenvalue weighted by Gasteiger charge is -2.22. The minimum Gasteiger partial charge on any atom is -0.481 e. The predicted octanol–water partition coefficient (Wildman–Crippen LogP) is 0.478. The highest BCUT2D eigenvalue weighted by molar-refractivity contribution is 5.82. The number of carboxylic acid groups (broad SMARTS) is 1. The van der Waals surface area contributed by atoms with Gasteiger partial charge in [0.15, 0.2) is 0 Å². The molecule has 0 aliphatic rings. The highest BCUT2D eigenvalue weighted by Crippen LogP contribution is 2.15. The number of carbonyl (C=O) groups is 2. The number of para-hydroxylation sites is 1. The molecule has 1 aromatic heterocycles. The Labute approximate surface area is 137 Å². The second-order valence-electron chi connectivity index (χ2n) is 5.77. The van der Waals surface area contributed by atoms with Crippen LogP contribution in [-0.2, 0) is 9.59 Å². The molecule has 8 nitrogen and oxygen atoms in total. The molecular weight excluding hydrogens is 314 g/mol. The maximum atomic E-state index is 12.7. The number of fused-ring (bicyclic) bond motifs is 1. The summed E-state index contributed by atoms with van der Waals surface area (Å²) < 4.78 is 0.892. The van der Waals surface area contributed by atoms with E-state index in [0.29, 0.717) is 10.9 Å². The molecule has 0 aliphatic heterocycles. The number of hydrogen-bond acceptors (Lipinski definition) is 4. The van der Waals surface area contributed by atoms with Crippen molar-refractivity contribution in [2.24, 2.45) is 5.92 Å². The molecule has 0 fully saturated rings. The number of benzene rings is 1. The largest absolute Gasteiger partial charge is 0.481 e. The van der Waals surface area contributed by atoms with E-state index in [1.807, 2.05) is 0 Å². The van der Waals surface area contributed by atoms with E-state index in [1.54, 1.807) is 38.1 Å². The Kier molecular flexibility index (Phi) is 5.18. The molecule has 24 heavy (non-hydrogen) atoms. The van der Waals surface area contributed by atoms with Crippen LogP contribution in [0.2, 0.25) is 0 Å². The number of carboxylic acids is 1. The van der Waals surface area contributed by atoms with Crippen molar-refractivity contribution in [1.29, 1.82) is 0 Å². The summed E-state index contributed by atoms with van der Waals surface area (Å²) in [4.78, 5) is 50.5. The topological polar surface area (TPSA) is 121 Å². The summed E-state index contributed by atoms with van der Waals surface area (Å²) in [5.41, 5.74) is -0.829. The number of H-pyrrole nitrogens is 1. The molecule has 0 saturated carbocycles.